The van der Waals surface area contributed by atoms with Gasteiger partial charge in [-0.2, -0.15) is 0 Å². The molecule has 1 aromatic heterocycles. The van der Waals surface area contributed by atoms with Gasteiger partial charge in [0.25, 0.3) is 0 Å². The molecule has 0 saturated carbocycles. The number of aryl methyl sites for hydroxylation is 1. The largest absolute Gasteiger partial charge is 0.485 e. The van der Waals surface area contributed by atoms with E-state index in [0.29, 0.717) is 0 Å². The number of nitrogens with zero attached hydrogens (tertiary/aromatic N) is 1. The first-order chi connectivity index (χ1) is 9.15. The maximum absolute atomic E-state index is 6.27. The van der Waals surface area contributed by atoms with Crippen LogP contribution in [0.2, 0.25) is 0 Å². The third-order valence-electron chi connectivity index (χ3n) is 3.53. The predicted octanol–water partition coefficient (Wildman–Crippen LogP) is 3.68. The Hall–Kier alpha value is -1.39. The average Bonchev–Trinajstić information content (AvgIpc) is 2.40. The summed E-state index contributed by atoms with van der Waals surface area (Å²) in [7, 11) is 0. The Labute approximate surface area is 120 Å². The van der Waals surface area contributed by atoms with Crippen molar-refractivity contribution in [1.29, 1.82) is 0 Å². The Balaban J connectivity index is 1.97. The number of pyridine rings is 1. The van der Waals surface area contributed by atoms with Gasteiger partial charge in [0.1, 0.15) is 11.9 Å². The molecule has 3 nitrogen and oxygen atoms in total. The van der Waals surface area contributed by atoms with Crippen LogP contribution < -0.4 is 10.5 Å². The van der Waals surface area contributed by atoms with Gasteiger partial charge < -0.3 is 10.5 Å². The highest BCUT2D eigenvalue weighted by Gasteiger charge is 2.28. The van der Waals surface area contributed by atoms with E-state index >= 15 is 0 Å². The number of benzene rings is 1. The van der Waals surface area contributed by atoms with Crippen LogP contribution in [0.1, 0.15) is 35.3 Å². The lowest BCUT2D eigenvalue weighted by Gasteiger charge is -2.31. The standard InChI is InChI=1S/C15H15BrN2O/c1-9-4-5-18-8-12(9)15-7-13(17)11-6-10(16)2-3-14(11)19-15/h2-6,8,13,15H,7,17H2,1H3. The van der Waals surface area contributed by atoms with Gasteiger partial charge in [0.15, 0.2) is 0 Å². The van der Waals surface area contributed by atoms with E-state index in [1.807, 2.05) is 30.5 Å². The Morgan fingerprint density at radius 1 is 1.32 bits per heavy atom. The molecule has 0 spiro atoms. The maximum Gasteiger partial charge on any atom is 0.127 e. The van der Waals surface area contributed by atoms with Crippen molar-refractivity contribution in [1.82, 2.24) is 4.98 Å². The van der Waals surface area contributed by atoms with E-state index < -0.39 is 0 Å². The first kappa shape index (κ1) is 12.6. The molecular weight excluding hydrogens is 304 g/mol. The van der Waals surface area contributed by atoms with Crippen LogP contribution in [-0.4, -0.2) is 4.98 Å². The first-order valence-electron chi connectivity index (χ1n) is 6.27. The summed E-state index contributed by atoms with van der Waals surface area (Å²) in [5.41, 5.74) is 9.64. The smallest absolute Gasteiger partial charge is 0.127 e. The molecule has 0 bridgehead atoms. The zero-order valence-corrected chi connectivity index (χ0v) is 12.2. The molecule has 0 saturated heterocycles. The molecule has 0 fully saturated rings. The van der Waals surface area contributed by atoms with E-state index in [9.17, 15) is 0 Å². The molecule has 19 heavy (non-hydrogen) atoms. The van der Waals surface area contributed by atoms with Crippen LogP contribution in [-0.2, 0) is 0 Å². The second-order valence-corrected chi connectivity index (χ2v) is 5.78. The van der Waals surface area contributed by atoms with Crippen LogP contribution in [0.5, 0.6) is 5.75 Å². The van der Waals surface area contributed by atoms with Crippen molar-refractivity contribution in [3.8, 4) is 5.75 Å². The summed E-state index contributed by atoms with van der Waals surface area (Å²) >= 11 is 3.47. The maximum atomic E-state index is 6.27. The molecule has 1 aliphatic rings. The molecule has 2 unspecified atom stereocenters. The molecule has 0 amide bonds. The Morgan fingerprint density at radius 2 is 2.16 bits per heavy atom. The fourth-order valence-electron chi connectivity index (χ4n) is 2.48. The number of halogens is 1. The summed E-state index contributed by atoms with van der Waals surface area (Å²) in [6, 6.07) is 7.97. The molecule has 2 atom stereocenters. The van der Waals surface area contributed by atoms with Gasteiger partial charge in [0.05, 0.1) is 0 Å². The quantitative estimate of drug-likeness (QED) is 0.872. The third kappa shape index (κ3) is 2.38. The van der Waals surface area contributed by atoms with Crippen molar-refractivity contribution in [2.45, 2.75) is 25.5 Å². The highest BCUT2D eigenvalue weighted by Crippen LogP contribution is 2.41. The molecule has 0 radical (unpaired) electrons. The molecule has 4 heteroatoms. The normalized spacial score (nSPS) is 21.6. The number of aromatic nitrogens is 1. The van der Waals surface area contributed by atoms with Gasteiger partial charge in [-0.25, -0.2) is 0 Å². The predicted molar refractivity (Wildman–Crippen MR) is 78.0 cm³/mol. The van der Waals surface area contributed by atoms with Crippen LogP contribution in [0.4, 0.5) is 0 Å². The number of rotatable bonds is 1. The molecule has 98 valence electrons. The van der Waals surface area contributed by atoms with Gasteiger partial charge in [-0.3, -0.25) is 4.98 Å². The van der Waals surface area contributed by atoms with Crippen molar-refractivity contribution >= 4 is 15.9 Å². The second-order valence-electron chi connectivity index (χ2n) is 4.86. The summed E-state index contributed by atoms with van der Waals surface area (Å²) in [6.45, 7) is 2.07. The van der Waals surface area contributed by atoms with Gasteiger partial charge in [0.2, 0.25) is 0 Å². The summed E-state index contributed by atoms with van der Waals surface area (Å²) < 4.78 is 7.11. The van der Waals surface area contributed by atoms with Gasteiger partial charge in [-0.15, -0.1) is 0 Å². The lowest BCUT2D eigenvalue weighted by molar-refractivity contribution is 0.160. The number of nitrogens with two attached hydrogens (primary N) is 1. The molecule has 2 N–H and O–H groups in total. The number of ether oxygens (including phenoxy) is 1. The zero-order chi connectivity index (χ0) is 13.4. The Morgan fingerprint density at radius 3 is 2.95 bits per heavy atom. The molecule has 0 aliphatic carbocycles. The van der Waals surface area contributed by atoms with Crippen LogP contribution in [0.3, 0.4) is 0 Å². The van der Waals surface area contributed by atoms with Crippen molar-refractivity contribution in [3.05, 3.63) is 57.8 Å². The minimum Gasteiger partial charge on any atom is -0.485 e. The van der Waals surface area contributed by atoms with Crippen LogP contribution in [0.15, 0.2) is 41.1 Å². The van der Waals surface area contributed by atoms with Crippen molar-refractivity contribution in [2.75, 3.05) is 0 Å². The van der Waals surface area contributed by atoms with E-state index in [0.717, 1.165) is 27.8 Å². The van der Waals surface area contributed by atoms with E-state index in [1.165, 1.54) is 5.56 Å². The minimum atomic E-state index is -0.0163. The summed E-state index contributed by atoms with van der Waals surface area (Å²) in [6.07, 6.45) is 4.43. The van der Waals surface area contributed by atoms with Gasteiger partial charge in [-0.1, -0.05) is 15.9 Å². The third-order valence-corrected chi connectivity index (χ3v) is 4.03. The van der Waals surface area contributed by atoms with E-state index in [2.05, 4.69) is 27.8 Å². The fraction of sp³-hybridized carbons (Fsp3) is 0.267. The monoisotopic (exact) mass is 318 g/mol. The molecule has 1 aromatic carbocycles. The zero-order valence-electron chi connectivity index (χ0n) is 10.6. The van der Waals surface area contributed by atoms with Crippen LogP contribution >= 0.6 is 15.9 Å². The van der Waals surface area contributed by atoms with Crippen LogP contribution in [0, 0.1) is 6.92 Å². The Bertz CT molecular complexity index is 615. The van der Waals surface area contributed by atoms with Gasteiger partial charge >= 0.3 is 0 Å². The first-order valence-corrected chi connectivity index (χ1v) is 7.06. The average molecular weight is 319 g/mol. The van der Waals surface area contributed by atoms with Crippen molar-refractivity contribution < 1.29 is 4.74 Å². The highest BCUT2D eigenvalue weighted by atomic mass is 79.9. The molecular formula is C15H15BrN2O. The number of hydrogen-bond donors (Lipinski definition) is 1. The topological polar surface area (TPSA) is 48.1 Å². The Kier molecular flexibility index (Phi) is 3.29. The summed E-state index contributed by atoms with van der Waals surface area (Å²) in [4.78, 5) is 4.19. The van der Waals surface area contributed by atoms with E-state index in [1.54, 1.807) is 6.20 Å². The van der Waals surface area contributed by atoms with Crippen molar-refractivity contribution in [3.63, 3.8) is 0 Å². The van der Waals surface area contributed by atoms with E-state index in [-0.39, 0.29) is 12.1 Å². The second kappa shape index (κ2) is 4.94. The van der Waals surface area contributed by atoms with Gasteiger partial charge in [0, 0.05) is 40.5 Å². The SMILES string of the molecule is Cc1ccncc1C1CC(N)c2cc(Br)ccc2O1. The lowest BCUT2D eigenvalue weighted by atomic mass is 9.93. The minimum absolute atomic E-state index is 0.00847. The number of hydrogen-bond acceptors (Lipinski definition) is 3. The summed E-state index contributed by atoms with van der Waals surface area (Å²) in [5, 5.41) is 0. The lowest BCUT2D eigenvalue weighted by Crippen LogP contribution is -2.24. The number of fused-ring (bicyclic) bond motifs is 1. The van der Waals surface area contributed by atoms with Crippen molar-refractivity contribution in [2.24, 2.45) is 5.73 Å². The fourth-order valence-corrected chi connectivity index (χ4v) is 2.86. The van der Waals surface area contributed by atoms with E-state index in [4.69, 9.17) is 10.5 Å². The molecule has 3 rings (SSSR count). The molecule has 1 aliphatic heterocycles. The van der Waals surface area contributed by atoms with Gasteiger partial charge in [-0.05, 0) is 36.8 Å². The highest BCUT2D eigenvalue weighted by molar-refractivity contribution is 9.10. The molecule has 2 aromatic rings. The van der Waals surface area contributed by atoms with Crippen LogP contribution in [0.25, 0.3) is 0 Å². The summed E-state index contributed by atoms with van der Waals surface area (Å²) in [5.74, 6) is 0.871. The molecule has 2 heterocycles.